The van der Waals surface area contributed by atoms with Crippen LogP contribution in [0.1, 0.15) is 28.4 Å². The molecule has 1 aromatic carbocycles. The number of fused-ring (bicyclic) bond motifs is 1. The normalized spacial score (nSPS) is 18.3. The van der Waals surface area contributed by atoms with Crippen molar-refractivity contribution in [2.45, 2.75) is 18.6 Å². The Hall–Kier alpha value is -2.07. The van der Waals surface area contributed by atoms with Crippen molar-refractivity contribution in [2.24, 2.45) is 0 Å². The van der Waals surface area contributed by atoms with Gasteiger partial charge in [-0.2, -0.15) is 18.4 Å². The zero-order chi connectivity index (χ0) is 14.0. The predicted molar refractivity (Wildman–Crippen MR) is 59.6 cm³/mol. The molecule has 4 nitrogen and oxygen atoms in total. The van der Waals surface area contributed by atoms with E-state index < -0.39 is 24.7 Å². The standard InChI is InChI=1S/C12H10F3N3O/c13-12(14,15)7-17-18-10(5-6-16)8-3-1-2-4-9(8)11(18)19/h1-4,10,17H,5,7H2. The number of nitriles is 1. The summed E-state index contributed by atoms with van der Waals surface area (Å²) in [7, 11) is 0. The van der Waals surface area contributed by atoms with Crippen molar-refractivity contribution < 1.29 is 18.0 Å². The molecule has 7 heteroatoms. The monoisotopic (exact) mass is 269 g/mol. The molecule has 1 heterocycles. The number of carbonyl (C=O) groups excluding carboxylic acids is 1. The predicted octanol–water partition coefficient (Wildman–Crippen LogP) is 2.16. The number of alkyl halides is 3. The van der Waals surface area contributed by atoms with Crippen molar-refractivity contribution >= 4 is 5.91 Å². The molecular weight excluding hydrogens is 259 g/mol. The highest BCUT2D eigenvalue weighted by Crippen LogP contribution is 2.34. The largest absolute Gasteiger partial charge is 0.402 e. The Bertz CT molecular complexity index is 536. The fraction of sp³-hybridized carbons (Fsp3) is 0.333. The van der Waals surface area contributed by atoms with Gasteiger partial charge < -0.3 is 0 Å². The average Bonchev–Trinajstić information content (AvgIpc) is 2.61. The number of carbonyl (C=O) groups is 1. The second-order valence-electron chi connectivity index (χ2n) is 4.09. The summed E-state index contributed by atoms with van der Waals surface area (Å²) in [5.41, 5.74) is 2.96. The van der Waals surface area contributed by atoms with Crippen LogP contribution in [0.25, 0.3) is 0 Å². The number of nitrogens with zero attached hydrogens (tertiary/aromatic N) is 2. The minimum Gasteiger partial charge on any atom is -0.268 e. The number of hydrogen-bond donors (Lipinski definition) is 1. The summed E-state index contributed by atoms with van der Waals surface area (Å²) in [4.78, 5) is 12.0. The van der Waals surface area contributed by atoms with Gasteiger partial charge in [0.1, 0.15) is 6.54 Å². The molecule has 100 valence electrons. The Balaban J connectivity index is 2.25. The second kappa shape index (κ2) is 4.90. The molecule has 0 saturated heterocycles. The lowest BCUT2D eigenvalue weighted by Gasteiger charge is -2.24. The molecule has 1 unspecified atom stereocenters. The molecule has 19 heavy (non-hydrogen) atoms. The zero-order valence-electron chi connectivity index (χ0n) is 9.74. The molecule has 1 aliphatic heterocycles. The molecule has 0 saturated carbocycles. The quantitative estimate of drug-likeness (QED) is 0.914. The Kier molecular flexibility index (Phi) is 3.44. The number of rotatable bonds is 3. The first kappa shape index (κ1) is 13.4. The SMILES string of the molecule is N#CCC1c2ccccc2C(=O)N1NCC(F)(F)F. The molecule has 1 amide bonds. The van der Waals surface area contributed by atoms with E-state index in [0.29, 0.717) is 11.1 Å². The Labute approximate surface area is 107 Å². The van der Waals surface area contributed by atoms with Gasteiger partial charge in [-0.25, -0.2) is 5.43 Å². The van der Waals surface area contributed by atoms with E-state index in [1.165, 1.54) is 6.07 Å². The van der Waals surface area contributed by atoms with E-state index >= 15 is 0 Å². The van der Waals surface area contributed by atoms with E-state index in [2.05, 4.69) is 5.43 Å². The number of amides is 1. The first-order chi connectivity index (χ1) is 8.94. The Morgan fingerprint density at radius 3 is 2.68 bits per heavy atom. The summed E-state index contributed by atoms with van der Waals surface area (Å²) in [5, 5.41) is 9.64. The zero-order valence-corrected chi connectivity index (χ0v) is 9.74. The van der Waals surface area contributed by atoms with Crippen molar-refractivity contribution in [3.8, 4) is 6.07 Å². The molecule has 0 aliphatic carbocycles. The van der Waals surface area contributed by atoms with E-state index in [-0.39, 0.29) is 6.42 Å². The minimum atomic E-state index is -4.42. The van der Waals surface area contributed by atoms with Gasteiger partial charge in [-0.1, -0.05) is 18.2 Å². The van der Waals surface area contributed by atoms with E-state index in [9.17, 15) is 18.0 Å². The van der Waals surface area contributed by atoms with Gasteiger partial charge in [-0.3, -0.25) is 9.80 Å². The Morgan fingerprint density at radius 1 is 1.37 bits per heavy atom. The van der Waals surface area contributed by atoms with Crippen LogP contribution in [0.4, 0.5) is 13.2 Å². The van der Waals surface area contributed by atoms with E-state index in [4.69, 9.17) is 5.26 Å². The van der Waals surface area contributed by atoms with E-state index in [0.717, 1.165) is 5.01 Å². The summed E-state index contributed by atoms with van der Waals surface area (Å²) in [6, 6.07) is 7.70. The van der Waals surface area contributed by atoms with Gasteiger partial charge in [0.2, 0.25) is 0 Å². The fourth-order valence-corrected chi connectivity index (χ4v) is 2.04. The van der Waals surface area contributed by atoms with Crippen molar-refractivity contribution in [1.82, 2.24) is 10.4 Å². The first-order valence-corrected chi connectivity index (χ1v) is 5.54. The van der Waals surface area contributed by atoms with Gasteiger partial charge in [0.05, 0.1) is 18.5 Å². The lowest BCUT2D eigenvalue weighted by Crippen LogP contribution is -2.45. The van der Waals surface area contributed by atoms with Crippen LogP contribution in [-0.4, -0.2) is 23.6 Å². The van der Waals surface area contributed by atoms with Crippen LogP contribution in [-0.2, 0) is 0 Å². The highest BCUT2D eigenvalue weighted by atomic mass is 19.4. The van der Waals surface area contributed by atoms with Gasteiger partial charge in [0, 0.05) is 5.56 Å². The van der Waals surface area contributed by atoms with Gasteiger partial charge in [0.15, 0.2) is 0 Å². The minimum absolute atomic E-state index is 0.0619. The van der Waals surface area contributed by atoms with Crippen LogP contribution < -0.4 is 5.43 Å². The third-order valence-corrected chi connectivity index (χ3v) is 2.82. The highest BCUT2D eigenvalue weighted by molar-refractivity contribution is 5.98. The molecule has 0 spiro atoms. The molecule has 0 radical (unpaired) electrons. The molecule has 1 atom stereocenters. The molecule has 2 rings (SSSR count). The van der Waals surface area contributed by atoms with Crippen LogP contribution in [0.2, 0.25) is 0 Å². The van der Waals surface area contributed by atoms with E-state index in [1.54, 1.807) is 18.2 Å². The van der Waals surface area contributed by atoms with Crippen LogP contribution in [0, 0.1) is 11.3 Å². The maximum absolute atomic E-state index is 12.2. The number of hydrogen-bond acceptors (Lipinski definition) is 3. The maximum Gasteiger partial charge on any atom is 0.402 e. The third kappa shape index (κ3) is 2.69. The second-order valence-corrected chi connectivity index (χ2v) is 4.09. The molecule has 0 bridgehead atoms. The third-order valence-electron chi connectivity index (χ3n) is 2.82. The van der Waals surface area contributed by atoms with Crippen molar-refractivity contribution in [1.29, 1.82) is 5.26 Å². The molecular formula is C12H10F3N3O. The summed E-state index contributed by atoms with van der Waals surface area (Å²) >= 11 is 0. The molecule has 1 aliphatic rings. The number of nitrogens with one attached hydrogen (secondary N) is 1. The molecule has 1 N–H and O–H groups in total. The van der Waals surface area contributed by atoms with Gasteiger partial charge in [-0.05, 0) is 11.6 Å². The van der Waals surface area contributed by atoms with Crippen LogP contribution >= 0.6 is 0 Å². The van der Waals surface area contributed by atoms with Crippen LogP contribution in [0.15, 0.2) is 24.3 Å². The van der Waals surface area contributed by atoms with Crippen LogP contribution in [0.5, 0.6) is 0 Å². The summed E-state index contributed by atoms with van der Waals surface area (Å²) < 4.78 is 36.6. The maximum atomic E-state index is 12.2. The summed E-state index contributed by atoms with van der Waals surface area (Å²) in [5.74, 6) is -0.542. The number of halogens is 3. The molecule has 1 aromatic rings. The number of benzene rings is 1. The number of hydrazine groups is 1. The average molecular weight is 269 g/mol. The first-order valence-electron chi connectivity index (χ1n) is 5.54. The van der Waals surface area contributed by atoms with Gasteiger partial charge >= 0.3 is 6.18 Å². The van der Waals surface area contributed by atoms with E-state index in [1.807, 2.05) is 6.07 Å². The fourth-order valence-electron chi connectivity index (χ4n) is 2.04. The lowest BCUT2D eigenvalue weighted by atomic mass is 10.0. The highest BCUT2D eigenvalue weighted by Gasteiger charge is 2.38. The molecule has 0 aromatic heterocycles. The van der Waals surface area contributed by atoms with Gasteiger partial charge in [-0.15, -0.1) is 0 Å². The smallest absolute Gasteiger partial charge is 0.268 e. The van der Waals surface area contributed by atoms with Crippen molar-refractivity contribution in [3.63, 3.8) is 0 Å². The Morgan fingerprint density at radius 2 is 2.05 bits per heavy atom. The van der Waals surface area contributed by atoms with Crippen molar-refractivity contribution in [2.75, 3.05) is 6.54 Å². The van der Waals surface area contributed by atoms with Gasteiger partial charge in [0.25, 0.3) is 5.91 Å². The summed E-state index contributed by atoms with van der Waals surface area (Å²) in [6.45, 7) is -1.31. The summed E-state index contributed by atoms with van der Waals surface area (Å²) in [6.07, 6.45) is -4.49. The van der Waals surface area contributed by atoms with Crippen molar-refractivity contribution in [3.05, 3.63) is 35.4 Å². The topological polar surface area (TPSA) is 56.1 Å². The molecule has 0 fully saturated rings. The van der Waals surface area contributed by atoms with Crippen LogP contribution in [0.3, 0.4) is 0 Å². The lowest BCUT2D eigenvalue weighted by molar-refractivity contribution is -0.133.